The van der Waals surface area contributed by atoms with Crippen LogP contribution in [0, 0.1) is 0 Å². The Hall–Kier alpha value is -1.59. The van der Waals surface area contributed by atoms with E-state index in [-0.39, 0.29) is 31.1 Å². The molecule has 6 heteroatoms. The van der Waals surface area contributed by atoms with Crippen molar-refractivity contribution in [3.63, 3.8) is 0 Å². The van der Waals surface area contributed by atoms with Gasteiger partial charge in [0, 0.05) is 19.3 Å². The highest BCUT2D eigenvalue weighted by Crippen LogP contribution is 2.20. The molecule has 0 radical (unpaired) electrons. The van der Waals surface area contributed by atoms with Crippen LogP contribution in [-0.4, -0.2) is 37.2 Å². The molecule has 0 rings (SSSR count). The minimum absolute atomic E-state index is 0.0612. The monoisotopic (exact) mass is 1090 g/mol. The molecule has 77 heavy (non-hydrogen) atoms. The van der Waals surface area contributed by atoms with Crippen molar-refractivity contribution < 1.29 is 28.6 Å². The number of carbonyl (C=O) groups excluding carboxylic acids is 3. The summed E-state index contributed by atoms with van der Waals surface area (Å²) in [5.41, 5.74) is 0. The van der Waals surface area contributed by atoms with E-state index in [9.17, 15) is 14.4 Å². The number of hydrogen-bond acceptors (Lipinski definition) is 6. The summed E-state index contributed by atoms with van der Waals surface area (Å²) < 4.78 is 16.9. The highest BCUT2D eigenvalue weighted by molar-refractivity contribution is 5.71. The Bertz CT molecular complexity index is 1160. The van der Waals surface area contributed by atoms with E-state index in [4.69, 9.17) is 14.2 Å². The highest BCUT2D eigenvalue weighted by Gasteiger charge is 2.19. The van der Waals surface area contributed by atoms with Gasteiger partial charge in [0.05, 0.1) is 0 Å². The Morgan fingerprint density at radius 2 is 0.351 bits per heavy atom. The third-order valence-corrected chi connectivity index (χ3v) is 16.6. The molecule has 0 bridgehead atoms. The number of esters is 3. The predicted octanol–water partition coefficient (Wildman–Crippen LogP) is 24.2. The standard InChI is InChI=1S/C71H138O6/c1-4-7-10-13-16-18-20-22-24-26-28-30-32-34-35-37-38-40-42-44-46-48-50-52-55-58-61-64-70(73)76-67-68(66-75-69(72)63-60-57-54-15-12-9-6-3)77-71(74)65-62-59-56-53-51-49-47-45-43-41-39-36-33-31-29-27-25-23-21-19-17-14-11-8-5-2/h68H,4-67H2,1-3H3. The van der Waals surface area contributed by atoms with E-state index in [1.807, 2.05) is 0 Å². The Morgan fingerprint density at radius 3 is 0.519 bits per heavy atom. The second-order valence-electron chi connectivity index (χ2n) is 24.5. The summed E-state index contributed by atoms with van der Waals surface area (Å²) in [5.74, 6) is -0.832. The molecule has 1 unspecified atom stereocenters. The van der Waals surface area contributed by atoms with Gasteiger partial charge in [0.1, 0.15) is 13.2 Å². The van der Waals surface area contributed by atoms with Gasteiger partial charge in [-0.25, -0.2) is 0 Å². The molecule has 0 fully saturated rings. The molecule has 0 aromatic heterocycles. The zero-order valence-electron chi connectivity index (χ0n) is 52.8. The summed E-state index contributed by atoms with van der Waals surface area (Å²) in [6.45, 7) is 6.69. The summed E-state index contributed by atoms with van der Waals surface area (Å²) in [7, 11) is 0. The van der Waals surface area contributed by atoms with Gasteiger partial charge in [0.2, 0.25) is 0 Å². The van der Waals surface area contributed by atoms with Gasteiger partial charge in [-0.05, 0) is 19.3 Å². The van der Waals surface area contributed by atoms with Gasteiger partial charge < -0.3 is 14.2 Å². The molecule has 0 aliphatic heterocycles. The Kier molecular flexibility index (Phi) is 65.5. The maximum atomic E-state index is 12.9. The normalized spacial score (nSPS) is 11.9. The number of carbonyl (C=O) groups is 3. The van der Waals surface area contributed by atoms with Crippen molar-refractivity contribution in [2.24, 2.45) is 0 Å². The molecule has 458 valence electrons. The van der Waals surface area contributed by atoms with E-state index in [1.54, 1.807) is 0 Å². The molecule has 0 aliphatic carbocycles. The van der Waals surface area contributed by atoms with Crippen molar-refractivity contribution in [3.8, 4) is 0 Å². The Labute approximate surface area is 482 Å². The lowest BCUT2D eigenvalue weighted by Gasteiger charge is -2.18. The fraction of sp³-hybridized carbons (Fsp3) is 0.958. The first kappa shape index (κ1) is 75.4. The van der Waals surface area contributed by atoms with E-state index in [0.717, 1.165) is 57.8 Å². The van der Waals surface area contributed by atoms with Gasteiger partial charge in [0.25, 0.3) is 0 Å². The van der Waals surface area contributed by atoms with E-state index < -0.39 is 6.10 Å². The number of unbranched alkanes of at least 4 members (excludes halogenated alkanes) is 56. The van der Waals surface area contributed by atoms with E-state index in [0.29, 0.717) is 19.3 Å². The largest absolute Gasteiger partial charge is 0.462 e. The summed E-state index contributed by atoms with van der Waals surface area (Å²) in [6.07, 6.45) is 78.9. The maximum absolute atomic E-state index is 12.9. The first-order valence-electron chi connectivity index (χ1n) is 35.5. The van der Waals surface area contributed by atoms with Crippen LogP contribution < -0.4 is 0 Å². The van der Waals surface area contributed by atoms with Crippen molar-refractivity contribution in [2.75, 3.05) is 13.2 Å². The van der Waals surface area contributed by atoms with Gasteiger partial charge in [-0.2, -0.15) is 0 Å². The summed E-state index contributed by atoms with van der Waals surface area (Å²) >= 11 is 0. The Balaban J connectivity index is 3.99. The van der Waals surface area contributed by atoms with Gasteiger partial charge in [-0.3, -0.25) is 14.4 Å². The third kappa shape index (κ3) is 65.1. The number of rotatable bonds is 67. The van der Waals surface area contributed by atoms with Gasteiger partial charge in [-0.15, -0.1) is 0 Å². The summed E-state index contributed by atoms with van der Waals surface area (Å²) in [5, 5.41) is 0. The molecule has 0 heterocycles. The molecule has 0 N–H and O–H groups in total. The maximum Gasteiger partial charge on any atom is 0.306 e. The first-order valence-corrected chi connectivity index (χ1v) is 35.5. The predicted molar refractivity (Wildman–Crippen MR) is 335 cm³/mol. The van der Waals surface area contributed by atoms with Crippen LogP contribution in [0.4, 0.5) is 0 Å². The molecule has 0 saturated heterocycles. The second kappa shape index (κ2) is 66.9. The average molecular weight is 1090 g/mol. The molecule has 6 nitrogen and oxygen atoms in total. The average Bonchev–Trinajstić information content (AvgIpc) is 3.43. The van der Waals surface area contributed by atoms with Crippen molar-refractivity contribution in [1.29, 1.82) is 0 Å². The molecular formula is C71H138O6. The topological polar surface area (TPSA) is 78.9 Å². The second-order valence-corrected chi connectivity index (χ2v) is 24.5. The molecule has 0 amide bonds. The fourth-order valence-corrected chi connectivity index (χ4v) is 11.3. The van der Waals surface area contributed by atoms with E-state index >= 15 is 0 Å². The molecule has 0 aromatic rings. The van der Waals surface area contributed by atoms with Gasteiger partial charge in [0.15, 0.2) is 6.10 Å². The third-order valence-electron chi connectivity index (χ3n) is 16.6. The van der Waals surface area contributed by atoms with Gasteiger partial charge in [-0.1, -0.05) is 380 Å². The SMILES string of the molecule is CCCCCCCCCCCCCCCCCCCCCCCCCCCCCC(=O)OCC(COC(=O)CCCCCCCCC)OC(=O)CCCCCCCCCCCCCCCCCCCCCCCCCCC. The van der Waals surface area contributed by atoms with E-state index in [2.05, 4.69) is 20.8 Å². The molecule has 0 aromatic carbocycles. The van der Waals surface area contributed by atoms with Crippen LogP contribution in [0.15, 0.2) is 0 Å². The van der Waals surface area contributed by atoms with Crippen LogP contribution in [-0.2, 0) is 28.6 Å². The summed E-state index contributed by atoms with van der Waals surface area (Å²) in [4.78, 5) is 38.2. The molecule has 0 aliphatic rings. The van der Waals surface area contributed by atoms with Gasteiger partial charge >= 0.3 is 17.9 Å². The first-order chi connectivity index (χ1) is 38.0. The lowest BCUT2D eigenvalue weighted by atomic mass is 10.0. The zero-order chi connectivity index (χ0) is 55.7. The molecule has 1 atom stereocenters. The van der Waals surface area contributed by atoms with E-state index in [1.165, 1.54) is 321 Å². The van der Waals surface area contributed by atoms with Crippen LogP contribution in [0.5, 0.6) is 0 Å². The van der Waals surface area contributed by atoms with Crippen molar-refractivity contribution >= 4 is 17.9 Å². The van der Waals surface area contributed by atoms with Crippen LogP contribution in [0.2, 0.25) is 0 Å². The minimum Gasteiger partial charge on any atom is -0.462 e. The minimum atomic E-state index is -0.762. The lowest BCUT2D eigenvalue weighted by molar-refractivity contribution is -0.167. The molecular weight excluding hydrogens is 949 g/mol. The number of hydrogen-bond donors (Lipinski definition) is 0. The van der Waals surface area contributed by atoms with Crippen molar-refractivity contribution in [3.05, 3.63) is 0 Å². The lowest BCUT2D eigenvalue weighted by Crippen LogP contribution is -2.30. The van der Waals surface area contributed by atoms with Crippen molar-refractivity contribution in [2.45, 2.75) is 425 Å². The summed E-state index contributed by atoms with van der Waals surface area (Å²) in [6, 6.07) is 0. The quantitative estimate of drug-likeness (QED) is 0.0343. The fourth-order valence-electron chi connectivity index (χ4n) is 11.3. The van der Waals surface area contributed by atoms with Crippen LogP contribution in [0.1, 0.15) is 419 Å². The molecule has 0 saturated carbocycles. The number of ether oxygens (including phenoxy) is 3. The highest BCUT2D eigenvalue weighted by atomic mass is 16.6. The smallest absolute Gasteiger partial charge is 0.306 e. The van der Waals surface area contributed by atoms with Crippen LogP contribution >= 0.6 is 0 Å². The Morgan fingerprint density at radius 1 is 0.208 bits per heavy atom. The van der Waals surface area contributed by atoms with Crippen molar-refractivity contribution in [1.82, 2.24) is 0 Å². The zero-order valence-corrected chi connectivity index (χ0v) is 52.8. The molecule has 0 spiro atoms. The van der Waals surface area contributed by atoms with Crippen LogP contribution in [0.25, 0.3) is 0 Å². The van der Waals surface area contributed by atoms with Crippen LogP contribution in [0.3, 0.4) is 0 Å².